The Morgan fingerprint density at radius 1 is 1.33 bits per heavy atom. The van der Waals surface area contributed by atoms with Crippen molar-refractivity contribution in [3.63, 3.8) is 0 Å². The highest BCUT2D eigenvalue weighted by molar-refractivity contribution is 6.31. The lowest BCUT2D eigenvalue weighted by Crippen LogP contribution is -2.44. The molecule has 2 heterocycles. The van der Waals surface area contributed by atoms with E-state index < -0.39 is 0 Å². The van der Waals surface area contributed by atoms with Crippen LogP contribution in [0, 0.1) is 12.8 Å². The molecule has 162 valence electrons. The van der Waals surface area contributed by atoms with Crippen LogP contribution in [-0.2, 0) is 9.53 Å². The van der Waals surface area contributed by atoms with Crippen LogP contribution in [-0.4, -0.2) is 48.5 Å². The van der Waals surface area contributed by atoms with Crippen molar-refractivity contribution < 1.29 is 9.53 Å². The lowest BCUT2D eigenvalue weighted by molar-refractivity contribution is -0.125. The van der Waals surface area contributed by atoms with Crippen molar-refractivity contribution in [1.29, 1.82) is 0 Å². The number of aryl methyl sites for hydroxylation is 1. The standard InChI is InChI=1S/C22H29ClN4O3/c1-3-30-13-5-11-24-22(29)17-6-4-12-26(15-17)20-9-10-21(28)27(25-20)18-8-7-16(2)19(23)14-18/h7-10,14,17H,3-6,11-13,15H2,1-2H3,(H,24,29). The minimum atomic E-state index is -0.223. The molecule has 1 saturated heterocycles. The molecule has 1 amide bonds. The van der Waals surface area contributed by atoms with Gasteiger partial charge in [0.25, 0.3) is 5.56 Å². The number of rotatable bonds is 8. The number of aromatic nitrogens is 2. The van der Waals surface area contributed by atoms with Crippen LogP contribution in [0.3, 0.4) is 0 Å². The van der Waals surface area contributed by atoms with Crippen molar-refractivity contribution >= 4 is 23.3 Å². The SMILES string of the molecule is CCOCCCNC(=O)C1CCCN(c2ccc(=O)n(-c3ccc(C)c(Cl)c3)n2)C1. The van der Waals surface area contributed by atoms with E-state index in [0.29, 0.717) is 42.8 Å². The number of amides is 1. The van der Waals surface area contributed by atoms with Crippen molar-refractivity contribution in [2.24, 2.45) is 5.92 Å². The maximum absolute atomic E-state index is 12.6. The fourth-order valence-electron chi connectivity index (χ4n) is 3.54. The Bertz CT molecular complexity index is 931. The molecule has 0 bridgehead atoms. The van der Waals surface area contributed by atoms with E-state index in [1.165, 1.54) is 10.7 Å². The normalized spacial score (nSPS) is 16.5. The molecule has 30 heavy (non-hydrogen) atoms. The number of ether oxygens (including phenoxy) is 1. The van der Waals surface area contributed by atoms with Crippen LogP contribution in [0.25, 0.3) is 5.69 Å². The molecule has 0 aliphatic carbocycles. The molecule has 1 aromatic carbocycles. The molecule has 1 N–H and O–H groups in total. The molecule has 2 aromatic rings. The van der Waals surface area contributed by atoms with Crippen LogP contribution in [0.1, 0.15) is 31.7 Å². The molecule has 0 saturated carbocycles. The smallest absolute Gasteiger partial charge is 0.271 e. The molecule has 3 rings (SSSR count). The minimum absolute atomic E-state index is 0.0647. The van der Waals surface area contributed by atoms with E-state index in [2.05, 4.69) is 15.3 Å². The minimum Gasteiger partial charge on any atom is -0.382 e. The molecular weight excluding hydrogens is 404 g/mol. The van der Waals surface area contributed by atoms with Gasteiger partial charge in [0.2, 0.25) is 5.91 Å². The fourth-order valence-corrected chi connectivity index (χ4v) is 3.72. The van der Waals surface area contributed by atoms with Crippen LogP contribution in [0.15, 0.2) is 35.1 Å². The van der Waals surface area contributed by atoms with E-state index in [9.17, 15) is 9.59 Å². The highest BCUT2D eigenvalue weighted by Gasteiger charge is 2.26. The Hall–Kier alpha value is -2.38. The summed E-state index contributed by atoms with van der Waals surface area (Å²) >= 11 is 6.22. The Labute approximate surface area is 182 Å². The third-order valence-electron chi connectivity index (χ3n) is 5.27. The van der Waals surface area contributed by atoms with Gasteiger partial charge in [-0.05, 0) is 56.9 Å². The van der Waals surface area contributed by atoms with Gasteiger partial charge in [-0.15, -0.1) is 5.10 Å². The Morgan fingerprint density at radius 2 is 2.17 bits per heavy atom. The van der Waals surface area contributed by atoms with Gasteiger partial charge in [-0.1, -0.05) is 17.7 Å². The number of anilines is 1. The van der Waals surface area contributed by atoms with Gasteiger partial charge in [0, 0.05) is 43.9 Å². The molecule has 0 spiro atoms. The lowest BCUT2D eigenvalue weighted by Gasteiger charge is -2.33. The van der Waals surface area contributed by atoms with E-state index in [1.807, 2.05) is 26.0 Å². The second-order valence-electron chi connectivity index (χ2n) is 7.50. The van der Waals surface area contributed by atoms with Gasteiger partial charge in [-0.3, -0.25) is 9.59 Å². The molecule has 1 atom stereocenters. The van der Waals surface area contributed by atoms with Crippen molar-refractivity contribution in [2.75, 3.05) is 37.7 Å². The number of benzene rings is 1. The number of hydrogen-bond donors (Lipinski definition) is 1. The van der Waals surface area contributed by atoms with Gasteiger partial charge in [0.15, 0.2) is 0 Å². The summed E-state index contributed by atoms with van der Waals surface area (Å²) in [5, 5.41) is 8.14. The zero-order valence-corrected chi connectivity index (χ0v) is 18.3. The first kappa shape index (κ1) is 22.3. The van der Waals surface area contributed by atoms with E-state index in [0.717, 1.165) is 31.4 Å². The first-order valence-corrected chi connectivity index (χ1v) is 10.8. The third-order valence-corrected chi connectivity index (χ3v) is 5.68. The number of nitrogens with zero attached hydrogens (tertiary/aromatic N) is 3. The number of carbonyl (C=O) groups excluding carboxylic acids is 1. The summed E-state index contributed by atoms with van der Waals surface area (Å²) in [4.78, 5) is 27.0. The molecule has 8 heteroatoms. The maximum Gasteiger partial charge on any atom is 0.271 e. The quantitative estimate of drug-likeness (QED) is 0.649. The molecule has 1 fully saturated rings. The molecule has 1 aromatic heterocycles. The van der Waals surface area contributed by atoms with Gasteiger partial charge in [0.05, 0.1) is 11.6 Å². The van der Waals surface area contributed by atoms with E-state index in [1.54, 1.807) is 12.1 Å². The zero-order chi connectivity index (χ0) is 21.5. The van der Waals surface area contributed by atoms with Crippen LogP contribution < -0.4 is 15.8 Å². The van der Waals surface area contributed by atoms with Gasteiger partial charge in [0.1, 0.15) is 5.82 Å². The predicted octanol–water partition coefficient (Wildman–Crippen LogP) is 2.95. The first-order chi connectivity index (χ1) is 14.5. The molecule has 1 aliphatic rings. The molecule has 7 nitrogen and oxygen atoms in total. The summed E-state index contributed by atoms with van der Waals surface area (Å²) in [5.41, 5.74) is 1.34. The number of halogens is 1. The highest BCUT2D eigenvalue weighted by atomic mass is 35.5. The van der Waals surface area contributed by atoms with Crippen LogP contribution in [0.4, 0.5) is 5.82 Å². The van der Waals surface area contributed by atoms with Crippen LogP contribution in [0.2, 0.25) is 5.02 Å². The summed E-state index contributed by atoms with van der Waals surface area (Å²) < 4.78 is 6.66. The number of carbonyl (C=O) groups is 1. The summed E-state index contributed by atoms with van der Waals surface area (Å²) in [7, 11) is 0. The van der Waals surface area contributed by atoms with E-state index in [4.69, 9.17) is 16.3 Å². The average molecular weight is 433 g/mol. The number of piperidine rings is 1. The van der Waals surface area contributed by atoms with Crippen LogP contribution in [0.5, 0.6) is 0 Å². The molecule has 1 unspecified atom stereocenters. The Balaban J connectivity index is 1.69. The lowest BCUT2D eigenvalue weighted by atomic mass is 9.97. The molecule has 0 radical (unpaired) electrons. The first-order valence-electron chi connectivity index (χ1n) is 10.5. The summed E-state index contributed by atoms with van der Waals surface area (Å²) in [6, 6.07) is 8.66. The largest absolute Gasteiger partial charge is 0.382 e. The number of hydrogen-bond acceptors (Lipinski definition) is 5. The zero-order valence-electron chi connectivity index (χ0n) is 17.6. The molecule has 1 aliphatic heterocycles. The summed E-state index contributed by atoms with van der Waals surface area (Å²) in [5.74, 6) is 0.650. The maximum atomic E-state index is 12.6. The van der Waals surface area contributed by atoms with Crippen molar-refractivity contribution in [3.05, 3.63) is 51.3 Å². The second-order valence-corrected chi connectivity index (χ2v) is 7.91. The molecular formula is C22H29ClN4O3. The Kier molecular flexibility index (Phi) is 7.87. The van der Waals surface area contributed by atoms with Gasteiger partial charge in [-0.2, -0.15) is 4.68 Å². The fraction of sp³-hybridized carbons (Fsp3) is 0.500. The summed E-state index contributed by atoms with van der Waals surface area (Å²) in [6.07, 6.45) is 2.55. The predicted molar refractivity (Wildman–Crippen MR) is 119 cm³/mol. The van der Waals surface area contributed by atoms with Gasteiger partial charge >= 0.3 is 0 Å². The van der Waals surface area contributed by atoms with Gasteiger partial charge < -0.3 is 15.0 Å². The summed E-state index contributed by atoms with van der Waals surface area (Å²) in [6.45, 7) is 7.21. The Morgan fingerprint density at radius 3 is 2.93 bits per heavy atom. The topological polar surface area (TPSA) is 76.5 Å². The highest BCUT2D eigenvalue weighted by Crippen LogP contribution is 2.22. The van der Waals surface area contributed by atoms with Gasteiger partial charge in [-0.25, -0.2) is 0 Å². The third kappa shape index (κ3) is 5.61. The number of nitrogens with one attached hydrogen (secondary N) is 1. The van der Waals surface area contributed by atoms with Crippen molar-refractivity contribution in [3.8, 4) is 5.69 Å². The monoisotopic (exact) mass is 432 g/mol. The average Bonchev–Trinajstić information content (AvgIpc) is 2.76. The van der Waals surface area contributed by atoms with E-state index in [-0.39, 0.29) is 17.4 Å². The second kappa shape index (κ2) is 10.6. The van der Waals surface area contributed by atoms with Crippen LogP contribution >= 0.6 is 11.6 Å². The van der Waals surface area contributed by atoms with Crippen molar-refractivity contribution in [1.82, 2.24) is 15.1 Å². The van der Waals surface area contributed by atoms with E-state index >= 15 is 0 Å². The van der Waals surface area contributed by atoms with Crippen molar-refractivity contribution in [2.45, 2.75) is 33.1 Å².